The highest BCUT2D eigenvalue weighted by Crippen LogP contribution is 2.39. The highest BCUT2D eigenvalue weighted by atomic mass is 32.2. The van der Waals surface area contributed by atoms with E-state index >= 15 is 0 Å². The number of rotatable bonds is 6. The van der Waals surface area contributed by atoms with Crippen LogP contribution in [-0.4, -0.2) is 33.0 Å². The summed E-state index contributed by atoms with van der Waals surface area (Å²) in [5, 5.41) is 13.0. The van der Waals surface area contributed by atoms with Crippen molar-refractivity contribution in [3.63, 3.8) is 0 Å². The van der Waals surface area contributed by atoms with Crippen LogP contribution in [0.4, 0.5) is 11.5 Å². The minimum atomic E-state index is -0.408. The summed E-state index contributed by atoms with van der Waals surface area (Å²) in [4.78, 5) is 26.7. The van der Waals surface area contributed by atoms with Gasteiger partial charge >= 0.3 is 5.69 Å². The molecule has 0 unspecified atom stereocenters. The molecule has 0 N–H and O–H groups in total. The second-order valence-electron chi connectivity index (χ2n) is 5.21. The first-order chi connectivity index (χ1) is 12.2. The molecule has 25 heavy (non-hydrogen) atoms. The molecule has 0 spiro atoms. The van der Waals surface area contributed by atoms with Gasteiger partial charge in [0.1, 0.15) is 6.33 Å². The number of hydrogen-bond donors (Lipinski definition) is 0. The summed E-state index contributed by atoms with van der Waals surface area (Å²) >= 11 is 1.24. The van der Waals surface area contributed by atoms with E-state index < -0.39 is 4.92 Å². The number of benzene rings is 1. The number of hydrogen-bond acceptors (Lipinski definition) is 7. The number of pyridine rings is 1. The van der Waals surface area contributed by atoms with E-state index in [2.05, 4.69) is 15.0 Å². The lowest BCUT2D eigenvalue weighted by Crippen LogP contribution is -2.24. The molecule has 7 nitrogen and oxygen atoms in total. The highest BCUT2D eigenvalue weighted by molar-refractivity contribution is 7.99. The summed E-state index contributed by atoms with van der Waals surface area (Å²) in [5.74, 6) is 0.348. The van der Waals surface area contributed by atoms with E-state index in [1.54, 1.807) is 6.20 Å². The standard InChI is InChI=1S/C17H17N5O2S/c1-3-21(4-2)16-15(22(23)24)17(20-11-19-16)25-13-9-5-7-12-8-6-10-18-14(12)13/h5-11H,3-4H2,1-2H3. The van der Waals surface area contributed by atoms with Crippen molar-refractivity contribution in [2.45, 2.75) is 23.8 Å². The zero-order valence-electron chi connectivity index (χ0n) is 13.9. The van der Waals surface area contributed by atoms with Gasteiger partial charge < -0.3 is 4.90 Å². The van der Waals surface area contributed by atoms with Crippen LogP contribution in [-0.2, 0) is 0 Å². The Morgan fingerprint density at radius 1 is 1.12 bits per heavy atom. The molecule has 0 saturated carbocycles. The molecular weight excluding hydrogens is 338 g/mol. The van der Waals surface area contributed by atoms with Gasteiger partial charge in [-0.1, -0.05) is 30.0 Å². The van der Waals surface area contributed by atoms with E-state index in [-0.39, 0.29) is 5.69 Å². The first-order valence-electron chi connectivity index (χ1n) is 7.91. The van der Waals surface area contributed by atoms with Gasteiger partial charge in [-0.15, -0.1) is 0 Å². The molecule has 8 heteroatoms. The van der Waals surface area contributed by atoms with Gasteiger partial charge in [-0.3, -0.25) is 15.1 Å². The fraction of sp³-hybridized carbons (Fsp3) is 0.235. The predicted molar refractivity (Wildman–Crippen MR) is 98.1 cm³/mol. The largest absolute Gasteiger partial charge is 0.351 e. The lowest BCUT2D eigenvalue weighted by molar-refractivity contribution is -0.387. The molecule has 0 bridgehead atoms. The topological polar surface area (TPSA) is 85.0 Å². The number of nitro groups is 1. The molecule has 0 fully saturated rings. The number of anilines is 1. The number of aromatic nitrogens is 3. The van der Waals surface area contributed by atoms with Gasteiger partial charge in [0.2, 0.25) is 5.82 Å². The van der Waals surface area contributed by atoms with Crippen molar-refractivity contribution in [3.8, 4) is 0 Å². The Kier molecular flexibility index (Phi) is 5.08. The smallest absolute Gasteiger partial charge is 0.343 e. The van der Waals surface area contributed by atoms with E-state index in [1.165, 1.54) is 18.1 Å². The SMILES string of the molecule is CCN(CC)c1ncnc(Sc2cccc3cccnc23)c1[N+](=O)[O-]. The van der Waals surface area contributed by atoms with Gasteiger partial charge in [-0.25, -0.2) is 9.97 Å². The Morgan fingerprint density at radius 2 is 1.88 bits per heavy atom. The monoisotopic (exact) mass is 355 g/mol. The molecule has 2 aromatic heterocycles. The fourth-order valence-electron chi connectivity index (χ4n) is 2.61. The Bertz CT molecular complexity index is 909. The predicted octanol–water partition coefficient (Wildman–Crippen LogP) is 3.93. The van der Waals surface area contributed by atoms with Gasteiger partial charge in [0.05, 0.1) is 10.4 Å². The highest BCUT2D eigenvalue weighted by Gasteiger charge is 2.26. The van der Waals surface area contributed by atoms with Gasteiger partial charge in [0.15, 0.2) is 5.03 Å². The van der Waals surface area contributed by atoms with Gasteiger partial charge in [0, 0.05) is 29.6 Å². The summed E-state index contributed by atoms with van der Waals surface area (Å²) in [6.45, 7) is 5.15. The summed E-state index contributed by atoms with van der Waals surface area (Å²) < 4.78 is 0. The summed E-state index contributed by atoms with van der Waals surface area (Å²) in [6.07, 6.45) is 3.09. The third-order valence-electron chi connectivity index (χ3n) is 3.82. The first-order valence-corrected chi connectivity index (χ1v) is 8.73. The van der Waals surface area contributed by atoms with Crippen molar-refractivity contribution in [3.05, 3.63) is 53.0 Å². The molecule has 0 aliphatic rings. The van der Waals surface area contributed by atoms with E-state index in [0.717, 1.165) is 15.8 Å². The Balaban J connectivity index is 2.11. The molecule has 2 heterocycles. The first kappa shape index (κ1) is 17.1. The molecule has 0 atom stereocenters. The maximum absolute atomic E-state index is 11.7. The lowest BCUT2D eigenvalue weighted by atomic mass is 10.2. The average molecular weight is 355 g/mol. The maximum atomic E-state index is 11.7. The lowest BCUT2D eigenvalue weighted by Gasteiger charge is -2.19. The van der Waals surface area contributed by atoms with Crippen molar-refractivity contribution in [2.75, 3.05) is 18.0 Å². The third kappa shape index (κ3) is 3.39. The maximum Gasteiger partial charge on any atom is 0.343 e. The molecule has 1 aromatic carbocycles. The third-order valence-corrected chi connectivity index (χ3v) is 4.86. The van der Waals surface area contributed by atoms with E-state index in [1.807, 2.05) is 49.1 Å². The number of fused-ring (bicyclic) bond motifs is 1. The Morgan fingerprint density at radius 3 is 2.60 bits per heavy atom. The minimum Gasteiger partial charge on any atom is -0.351 e. The Labute approximate surface area is 149 Å². The van der Waals surface area contributed by atoms with Crippen molar-refractivity contribution >= 4 is 34.2 Å². The average Bonchev–Trinajstić information content (AvgIpc) is 2.63. The van der Waals surface area contributed by atoms with E-state index in [0.29, 0.717) is 23.9 Å². The van der Waals surface area contributed by atoms with Crippen molar-refractivity contribution in [1.29, 1.82) is 0 Å². The molecular formula is C17H17N5O2S. The van der Waals surface area contributed by atoms with E-state index in [9.17, 15) is 10.1 Å². The van der Waals surface area contributed by atoms with Gasteiger partial charge in [0.25, 0.3) is 0 Å². The van der Waals surface area contributed by atoms with Crippen LogP contribution >= 0.6 is 11.8 Å². The van der Waals surface area contributed by atoms with Crippen LogP contribution in [0.25, 0.3) is 10.9 Å². The van der Waals surface area contributed by atoms with Gasteiger partial charge in [-0.05, 0) is 26.0 Å². The fourth-order valence-corrected chi connectivity index (χ4v) is 3.59. The molecule has 3 rings (SSSR count). The zero-order chi connectivity index (χ0) is 17.8. The summed E-state index contributed by atoms with van der Waals surface area (Å²) in [6, 6.07) is 9.58. The molecule has 3 aromatic rings. The summed E-state index contributed by atoms with van der Waals surface area (Å²) in [7, 11) is 0. The van der Waals surface area contributed by atoms with Crippen LogP contribution in [0.1, 0.15) is 13.8 Å². The molecule has 0 aliphatic heterocycles. The number of para-hydroxylation sites is 1. The quantitative estimate of drug-likeness (QED) is 0.376. The molecule has 0 aliphatic carbocycles. The van der Waals surface area contributed by atoms with Crippen molar-refractivity contribution < 1.29 is 4.92 Å². The second kappa shape index (κ2) is 7.43. The summed E-state index contributed by atoms with van der Waals surface area (Å²) in [5.41, 5.74) is 0.733. The second-order valence-corrected chi connectivity index (χ2v) is 6.24. The van der Waals surface area contributed by atoms with Crippen molar-refractivity contribution in [2.24, 2.45) is 0 Å². The van der Waals surface area contributed by atoms with E-state index in [4.69, 9.17) is 0 Å². The molecule has 128 valence electrons. The van der Waals surface area contributed by atoms with Crippen LogP contribution in [0.5, 0.6) is 0 Å². The molecule has 0 radical (unpaired) electrons. The van der Waals surface area contributed by atoms with Crippen LogP contribution in [0, 0.1) is 10.1 Å². The molecule has 0 saturated heterocycles. The molecule has 0 amide bonds. The zero-order valence-corrected chi connectivity index (χ0v) is 14.7. The normalized spacial score (nSPS) is 10.8. The van der Waals surface area contributed by atoms with Crippen LogP contribution in [0.15, 0.2) is 52.8 Å². The van der Waals surface area contributed by atoms with Crippen LogP contribution in [0.3, 0.4) is 0 Å². The van der Waals surface area contributed by atoms with Crippen LogP contribution in [0.2, 0.25) is 0 Å². The minimum absolute atomic E-state index is 0.0656. The number of nitrogens with zero attached hydrogens (tertiary/aromatic N) is 5. The van der Waals surface area contributed by atoms with Crippen LogP contribution < -0.4 is 4.90 Å². The van der Waals surface area contributed by atoms with Crippen molar-refractivity contribution in [1.82, 2.24) is 15.0 Å². The van der Waals surface area contributed by atoms with Gasteiger partial charge in [-0.2, -0.15) is 0 Å². The Hall–Kier alpha value is -2.74.